The van der Waals surface area contributed by atoms with E-state index in [2.05, 4.69) is 374 Å². The van der Waals surface area contributed by atoms with Crippen LogP contribution in [0.1, 0.15) is 26.3 Å². The zero-order chi connectivity index (χ0) is 64.0. The minimum absolute atomic E-state index is 0.00513. The number of rotatable bonds is 11. The molecule has 0 bridgehead atoms. The molecule has 4 heterocycles. The summed E-state index contributed by atoms with van der Waals surface area (Å²) in [4.78, 5) is 15.1. The number of nitrogens with zero attached hydrogens (tertiary/aromatic N) is 4. The Balaban J connectivity index is 0.897. The number of fused-ring (bicyclic) bond motifs is 8. The summed E-state index contributed by atoms with van der Waals surface area (Å²) in [7, 11) is 0. The van der Waals surface area contributed by atoms with Crippen LogP contribution in [-0.4, -0.2) is 13.4 Å². The van der Waals surface area contributed by atoms with Crippen LogP contribution in [0.15, 0.2) is 353 Å². The summed E-state index contributed by atoms with van der Waals surface area (Å²) in [5.41, 5.74) is 29.8. The third-order valence-electron chi connectivity index (χ3n) is 19.7. The Bertz CT molecular complexity index is 5260. The van der Waals surface area contributed by atoms with Crippen LogP contribution in [-0.2, 0) is 5.41 Å². The first-order valence-electron chi connectivity index (χ1n) is 33.2. The van der Waals surface area contributed by atoms with Gasteiger partial charge in [0, 0.05) is 87.7 Å². The fraction of sp³-hybridized carbons (Fsp3) is 0.0455. The van der Waals surface area contributed by atoms with Crippen molar-refractivity contribution in [2.45, 2.75) is 45.8 Å². The number of anilines is 12. The van der Waals surface area contributed by atoms with Gasteiger partial charge in [0.05, 0.1) is 5.69 Å². The fourth-order valence-corrected chi connectivity index (χ4v) is 17.6. The van der Waals surface area contributed by atoms with Gasteiger partial charge in [0.15, 0.2) is 0 Å². The normalized spacial score (nSPS) is 13.0. The van der Waals surface area contributed by atoms with Crippen LogP contribution in [0.3, 0.4) is 0 Å². The van der Waals surface area contributed by atoms with Crippen LogP contribution in [0.2, 0.25) is 0 Å². The Morgan fingerprint density at radius 1 is 0.271 bits per heavy atom. The number of para-hydroxylation sites is 5. The van der Waals surface area contributed by atoms with E-state index in [0.29, 0.717) is 0 Å². The molecule has 0 atom stereocenters. The van der Waals surface area contributed by atoms with Crippen molar-refractivity contribution in [1.82, 2.24) is 0 Å². The lowest BCUT2D eigenvalue weighted by molar-refractivity contribution is 0.590. The molecule has 4 aliphatic heterocycles. The Morgan fingerprint density at radius 3 is 1.39 bits per heavy atom. The van der Waals surface area contributed by atoms with Gasteiger partial charge in [-0.25, -0.2) is 0 Å². The van der Waals surface area contributed by atoms with Crippen molar-refractivity contribution in [3.63, 3.8) is 0 Å². The van der Waals surface area contributed by atoms with Crippen molar-refractivity contribution in [2.75, 3.05) is 19.6 Å². The van der Waals surface area contributed by atoms with Crippen LogP contribution >= 0.6 is 23.5 Å². The van der Waals surface area contributed by atoms with Crippen molar-refractivity contribution in [2.24, 2.45) is 0 Å². The second-order valence-electron chi connectivity index (χ2n) is 26.4. The molecule has 0 aliphatic carbocycles. The van der Waals surface area contributed by atoms with Gasteiger partial charge in [0.1, 0.15) is 0 Å². The second-order valence-corrected chi connectivity index (χ2v) is 28.6. The molecule has 0 amide bonds. The molecule has 0 unspecified atom stereocenters. The molecule has 14 aromatic carbocycles. The highest BCUT2D eigenvalue weighted by Crippen LogP contribution is 2.52. The van der Waals surface area contributed by atoms with Crippen LogP contribution < -0.4 is 52.4 Å². The summed E-state index contributed by atoms with van der Waals surface area (Å²) < 4.78 is 0. The Morgan fingerprint density at radius 2 is 0.740 bits per heavy atom. The van der Waals surface area contributed by atoms with Gasteiger partial charge in [-0.2, -0.15) is 0 Å². The van der Waals surface area contributed by atoms with E-state index in [0.717, 1.165) is 51.1 Å². The summed E-state index contributed by atoms with van der Waals surface area (Å²) in [6, 6.07) is 124. The fourth-order valence-electron chi connectivity index (χ4n) is 15.2. The summed E-state index contributed by atoms with van der Waals surface area (Å²) in [6.07, 6.45) is 0. The summed E-state index contributed by atoms with van der Waals surface area (Å²) in [6.45, 7) is 6.73. The minimum Gasteiger partial charge on any atom is -0.311 e. The van der Waals surface area contributed by atoms with Gasteiger partial charge in [-0.1, -0.05) is 280 Å². The Hall–Kier alpha value is -10.9. The first kappa shape index (κ1) is 57.7. The van der Waals surface area contributed by atoms with Gasteiger partial charge in [-0.3, -0.25) is 0 Å². The molecule has 0 spiro atoms. The molecule has 96 heavy (non-hydrogen) atoms. The van der Waals surface area contributed by atoms with Crippen LogP contribution in [0.5, 0.6) is 0 Å². The molecule has 454 valence electrons. The minimum atomic E-state index is -0.0920. The average molecular weight is 1260 g/mol. The van der Waals surface area contributed by atoms with E-state index < -0.39 is 0 Å². The lowest BCUT2D eigenvalue weighted by Gasteiger charge is -2.44. The quantitative estimate of drug-likeness (QED) is 0.119. The molecular formula is C88H64B2N4S2. The first-order chi connectivity index (χ1) is 47.3. The maximum atomic E-state index is 2.65. The maximum absolute atomic E-state index is 2.65. The molecule has 18 rings (SSSR count). The molecule has 14 aromatic rings. The summed E-state index contributed by atoms with van der Waals surface area (Å²) in [5.74, 6) is 0. The monoisotopic (exact) mass is 1260 g/mol. The van der Waals surface area contributed by atoms with E-state index in [-0.39, 0.29) is 18.8 Å². The topological polar surface area (TPSA) is 13.0 Å². The largest absolute Gasteiger partial charge is 0.311 e. The van der Waals surface area contributed by atoms with Gasteiger partial charge < -0.3 is 19.6 Å². The average Bonchev–Trinajstić information content (AvgIpc) is 0.694. The van der Waals surface area contributed by atoms with Crippen molar-refractivity contribution in [3.8, 4) is 33.4 Å². The molecule has 4 nitrogen and oxygen atoms in total. The Kier molecular flexibility index (Phi) is 14.2. The molecule has 0 aromatic heterocycles. The first-order valence-corrected chi connectivity index (χ1v) is 34.8. The van der Waals surface area contributed by atoms with Crippen molar-refractivity contribution < 1.29 is 0 Å². The van der Waals surface area contributed by atoms with Crippen molar-refractivity contribution in [3.05, 3.63) is 339 Å². The lowest BCUT2D eigenvalue weighted by Crippen LogP contribution is -2.64. The standard InChI is InChI=1S/C88H64B2N4S2/c1-88(2,3)64-48-44-62(45-49-64)72-38-19-22-41-77(72)94-79-58-83-76(57-75(79)90-74-40-21-24-43-82(74)95-84-55-70(54-81(94)87(84)90)91(65-31-13-6-14-32-65)66-33-15-7-16-34-66)89-73-39-20-23-42-78(73)93(67-35-17-8-18-36-67)80-53-71(56-85(96-83)86(80)89)92(68-50-46-61(47-51-68)59-26-9-4-10-27-59)69-37-25-30-63(52-69)60-28-11-5-12-29-60/h4-58H,1-3H3. The zero-order valence-electron chi connectivity index (χ0n) is 53.5. The van der Waals surface area contributed by atoms with Crippen LogP contribution in [0.25, 0.3) is 33.4 Å². The molecule has 8 heteroatoms. The van der Waals surface area contributed by atoms with E-state index in [1.165, 1.54) is 108 Å². The molecule has 0 fully saturated rings. The summed E-state index contributed by atoms with van der Waals surface area (Å²) >= 11 is 3.83. The number of hydrogen-bond acceptors (Lipinski definition) is 6. The summed E-state index contributed by atoms with van der Waals surface area (Å²) in [5, 5.41) is 0. The smallest absolute Gasteiger partial charge is 0.249 e. The van der Waals surface area contributed by atoms with Crippen molar-refractivity contribution >= 4 is 138 Å². The van der Waals surface area contributed by atoms with E-state index >= 15 is 0 Å². The van der Waals surface area contributed by atoms with E-state index in [1.807, 2.05) is 23.5 Å². The third-order valence-corrected chi connectivity index (χ3v) is 21.9. The molecule has 4 aliphatic rings. The lowest BCUT2D eigenvalue weighted by atomic mass is 9.31. The second kappa shape index (κ2) is 23.5. The molecule has 0 N–H and O–H groups in total. The third kappa shape index (κ3) is 9.88. The predicted molar refractivity (Wildman–Crippen MR) is 411 cm³/mol. The van der Waals surface area contributed by atoms with Gasteiger partial charge in [0.2, 0.25) is 13.4 Å². The molecule has 0 saturated heterocycles. The Labute approximate surface area is 572 Å². The SMILES string of the molecule is CC(C)(C)c1ccc(-c2ccccc2N2c3cc4c(cc3B3c5ccccc5Sc5cc(N(c6ccccc6)c6ccccc6)cc2c53)B2c3ccccc3N(c3ccccc3)c3cc(N(c5ccc(-c6ccccc6)cc5)c5cccc(-c6ccccc6)c5)cc(c32)S4)cc1. The van der Waals surface area contributed by atoms with Crippen molar-refractivity contribution in [1.29, 1.82) is 0 Å². The number of hydrogen-bond donors (Lipinski definition) is 0. The molecular weight excluding hydrogens is 1200 g/mol. The van der Waals surface area contributed by atoms with Crippen LogP contribution in [0, 0.1) is 0 Å². The maximum Gasteiger partial charge on any atom is 0.249 e. The van der Waals surface area contributed by atoms with Gasteiger partial charge in [-0.05, 0) is 170 Å². The molecule has 0 radical (unpaired) electrons. The van der Waals surface area contributed by atoms with Crippen LogP contribution in [0.4, 0.5) is 68.2 Å². The van der Waals surface area contributed by atoms with Gasteiger partial charge in [-0.15, -0.1) is 0 Å². The zero-order valence-corrected chi connectivity index (χ0v) is 55.1. The highest BCUT2D eigenvalue weighted by atomic mass is 32.2. The van der Waals surface area contributed by atoms with Gasteiger partial charge >= 0.3 is 0 Å². The highest BCUT2D eigenvalue weighted by molar-refractivity contribution is 8.00. The van der Waals surface area contributed by atoms with Gasteiger partial charge in [0.25, 0.3) is 0 Å². The highest BCUT2D eigenvalue weighted by Gasteiger charge is 2.47. The van der Waals surface area contributed by atoms with E-state index in [1.54, 1.807) is 0 Å². The predicted octanol–water partition coefficient (Wildman–Crippen LogP) is 20.5. The number of benzene rings is 14. The van der Waals surface area contributed by atoms with E-state index in [9.17, 15) is 0 Å². The van der Waals surface area contributed by atoms with E-state index in [4.69, 9.17) is 0 Å². The molecule has 0 saturated carbocycles.